The molecule has 0 aliphatic heterocycles. The molecule has 4 heteroatoms. The first-order valence-corrected chi connectivity index (χ1v) is 7.26. The van der Waals surface area contributed by atoms with Gasteiger partial charge in [0.25, 0.3) is 0 Å². The minimum atomic E-state index is -2.98. The van der Waals surface area contributed by atoms with Crippen LogP contribution < -0.4 is 0 Å². The Hall–Kier alpha value is -0.640. The Kier molecular flexibility index (Phi) is 4.08. The van der Waals surface area contributed by atoms with Crippen LogP contribution in [0, 0.1) is 5.92 Å². The minimum Gasteiger partial charge on any atom is -0.295 e. The van der Waals surface area contributed by atoms with Gasteiger partial charge in [-0.25, -0.2) is 8.42 Å². The smallest absolute Gasteiger partial charge is 0.158 e. The van der Waals surface area contributed by atoms with Crippen molar-refractivity contribution in [2.45, 2.75) is 37.9 Å². The van der Waals surface area contributed by atoms with E-state index in [1.807, 2.05) is 0 Å². The predicted octanol–water partition coefficient (Wildman–Crippen LogP) is 1.74. The minimum absolute atomic E-state index is 0.0749. The first-order chi connectivity index (χ1) is 6.95. The molecule has 15 heavy (non-hydrogen) atoms. The maximum atomic E-state index is 11.6. The average molecular weight is 230 g/mol. The molecule has 0 N–H and O–H groups in total. The fourth-order valence-corrected chi connectivity index (χ4v) is 3.27. The number of carbonyl (C=O) groups excluding carboxylic acids is 1. The highest BCUT2D eigenvalue weighted by Crippen LogP contribution is 2.29. The zero-order valence-corrected chi connectivity index (χ0v) is 10.1. The lowest BCUT2D eigenvalue weighted by Gasteiger charge is -2.26. The first-order valence-electron chi connectivity index (χ1n) is 5.30. The number of hydrogen-bond acceptors (Lipinski definition) is 3. The van der Waals surface area contributed by atoms with Crippen molar-refractivity contribution in [2.75, 3.05) is 6.26 Å². The molecule has 0 bridgehead atoms. The molecule has 0 amide bonds. The van der Waals surface area contributed by atoms with E-state index in [0.29, 0.717) is 12.8 Å². The maximum absolute atomic E-state index is 11.6. The molecule has 2 unspecified atom stereocenters. The molecule has 86 valence electrons. The standard InChI is InChI=1S/C11H18O3S/c1-3-5-11(12)9-6-4-7-10(8-9)15(2,13)14/h3,5,9-10H,4,6-8H2,1-2H3/b5-3+. The summed E-state index contributed by atoms with van der Waals surface area (Å²) in [7, 11) is -2.98. The normalized spacial score (nSPS) is 28.1. The van der Waals surface area contributed by atoms with Gasteiger partial charge in [0.15, 0.2) is 5.78 Å². The van der Waals surface area contributed by atoms with E-state index in [4.69, 9.17) is 0 Å². The third-order valence-electron chi connectivity index (χ3n) is 2.96. The Bertz CT molecular complexity index is 354. The van der Waals surface area contributed by atoms with Crippen molar-refractivity contribution < 1.29 is 13.2 Å². The number of allylic oxidation sites excluding steroid dienone is 2. The van der Waals surface area contributed by atoms with Crippen LogP contribution in [0.3, 0.4) is 0 Å². The topological polar surface area (TPSA) is 51.2 Å². The lowest BCUT2D eigenvalue weighted by Crippen LogP contribution is -2.30. The van der Waals surface area contributed by atoms with E-state index in [1.54, 1.807) is 19.1 Å². The van der Waals surface area contributed by atoms with Crippen LogP contribution in [-0.2, 0) is 14.6 Å². The Balaban J connectivity index is 2.68. The van der Waals surface area contributed by atoms with Crippen molar-refractivity contribution in [1.29, 1.82) is 0 Å². The molecule has 0 radical (unpaired) electrons. The summed E-state index contributed by atoms with van der Waals surface area (Å²) < 4.78 is 22.8. The Morgan fingerprint density at radius 2 is 2.00 bits per heavy atom. The van der Waals surface area contributed by atoms with Crippen molar-refractivity contribution in [2.24, 2.45) is 5.92 Å². The molecule has 1 fully saturated rings. The summed E-state index contributed by atoms with van der Waals surface area (Å²) in [4.78, 5) is 11.6. The second kappa shape index (κ2) is 4.92. The monoisotopic (exact) mass is 230 g/mol. The SMILES string of the molecule is C/C=C/C(=O)C1CCCC(S(C)(=O)=O)C1. The number of ketones is 1. The van der Waals surface area contributed by atoms with Crippen molar-refractivity contribution in [3.63, 3.8) is 0 Å². The quantitative estimate of drug-likeness (QED) is 0.694. The Morgan fingerprint density at radius 3 is 2.53 bits per heavy atom. The summed E-state index contributed by atoms with van der Waals surface area (Å²) in [5.41, 5.74) is 0. The van der Waals surface area contributed by atoms with E-state index in [0.717, 1.165) is 12.8 Å². The van der Waals surface area contributed by atoms with E-state index >= 15 is 0 Å². The van der Waals surface area contributed by atoms with Gasteiger partial charge in [-0.3, -0.25) is 4.79 Å². The number of sulfone groups is 1. The Labute approximate surface area is 91.5 Å². The van der Waals surface area contributed by atoms with Crippen LogP contribution in [0.5, 0.6) is 0 Å². The summed E-state index contributed by atoms with van der Waals surface area (Å²) >= 11 is 0. The third kappa shape index (κ3) is 3.45. The molecule has 0 heterocycles. The molecule has 0 spiro atoms. The second-order valence-electron chi connectivity index (χ2n) is 4.22. The van der Waals surface area contributed by atoms with Gasteiger partial charge in [0.2, 0.25) is 0 Å². The van der Waals surface area contributed by atoms with E-state index in [-0.39, 0.29) is 17.0 Å². The molecule has 1 saturated carbocycles. The van der Waals surface area contributed by atoms with E-state index in [2.05, 4.69) is 0 Å². The second-order valence-corrected chi connectivity index (χ2v) is 6.54. The van der Waals surface area contributed by atoms with Crippen molar-refractivity contribution in [3.05, 3.63) is 12.2 Å². The Morgan fingerprint density at radius 1 is 1.33 bits per heavy atom. The fourth-order valence-electron chi connectivity index (χ4n) is 2.09. The van der Waals surface area contributed by atoms with Gasteiger partial charge in [-0.15, -0.1) is 0 Å². The van der Waals surface area contributed by atoms with Crippen LogP contribution >= 0.6 is 0 Å². The summed E-state index contributed by atoms with van der Waals surface area (Å²) in [5.74, 6) is -0.0134. The molecule has 1 aliphatic carbocycles. The molecule has 1 rings (SSSR count). The van der Waals surface area contributed by atoms with Crippen LogP contribution in [0.25, 0.3) is 0 Å². The molecule has 0 saturated heterocycles. The summed E-state index contributed by atoms with van der Waals surface area (Å²) in [6.07, 6.45) is 7.41. The van der Waals surface area contributed by atoms with Crippen LogP contribution in [0.4, 0.5) is 0 Å². The van der Waals surface area contributed by atoms with Crippen LogP contribution in [0.15, 0.2) is 12.2 Å². The average Bonchev–Trinajstić information content (AvgIpc) is 2.17. The highest BCUT2D eigenvalue weighted by molar-refractivity contribution is 7.91. The largest absolute Gasteiger partial charge is 0.295 e. The van der Waals surface area contributed by atoms with Crippen molar-refractivity contribution >= 4 is 15.6 Å². The van der Waals surface area contributed by atoms with Crippen LogP contribution in [-0.4, -0.2) is 25.7 Å². The van der Waals surface area contributed by atoms with Gasteiger partial charge in [0, 0.05) is 12.2 Å². The summed E-state index contributed by atoms with van der Waals surface area (Å²) in [6.45, 7) is 1.80. The predicted molar refractivity (Wildman–Crippen MR) is 60.4 cm³/mol. The zero-order valence-electron chi connectivity index (χ0n) is 9.27. The molecule has 0 aromatic heterocycles. The highest BCUT2D eigenvalue weighted by atomic mass is 32.2. The van der Waals surface area contributed by atoms with Gasteiger partial charge in [-0.05, 0) is 32.3 Å². The van der Waals surface area contributed by atoms with Gasteiger partial charge in [0.1, 0.15) is 9.84 Å². The van der Waals surface area contributed by atoms with Gasteiger partial charge in [-0.2, -0.15) is 0 Å². The first kappa shape index (κ1) is 12.4. The van der Waals surface area contributed by atoms with Crippen LogP contribution in [0.1, 0.15) is 32.6 Å². The lowest BCUT2D eigenvalue weighted by atomic mass is 9.86. The molecular formula is C11H18O3S. The highest BCUT2D eigenvalue weighted by Gasteiger charge is 2.31. The van der Waals surface area contributed by atoms with Gasteiger partial charge >= 0.3 is 0 Å². The van der Waals surface area contributed by atoms with Gasteiger partial charge in [-0.1, -0.05) is 12.5 Å². The van der Waals surface area contributed by atoms with E-state index in [1.165, 1.54) is 6.26 Å². The van der Waals surface area contributed by atoms with Crippen molar-refractivity contribution in [3.8, 4) is 0 Å². The molecule has 2 atom stereocenters. The van der Waals surface area contributed by atoms with Gasteiger partial charge < -0.3 is 0 Å². The third-order valence-corrected chi connectivity index (χ3v) is 4.60. The fraction of sp³-hybridized carbons (Fsp3) is 0.727. The number of carbonyl (C=O) groups is 1. The van der Waals surface area contributed by atoms with Crippen LogP contribution in [0.2, 0.25) is 0 Å². The molecule has 1 aliphatic rings. The summed E-state index contributed by atoms with van der Waals surface area (Å²) in [6, 6.07) is 0. The number of hydrogen-bond donors (Lipinski definition) is 0. The molecular weight excluding hydrogens is 212 g/mol. The van der Waals surface area contributed by atoms with Crippen molar-refractivity contribution in [1.82, 2.24) is 0 Å². The number of rotatable bonds is 3. The molecule has 0 aromatic carbocycles. The maximum Gasteiger partial charge on any atom is 0.158 e. The van der Waals surface area contributed by atoms with E-state index in [9.17, 15) is 13.2 Å². The van der Waals surface area contributed by atoms with E-state index < -0.39 is 9.84 Å². The summed E-state index contributed by atoms with van der Waals surface area (Å²) in [5, 5.41) is -0.314. The lowest BCUT2D eigenvalue weighted by molar-refractivity contribution is -0.119. The molecule has 0 aromatic rings. The van der Waals surface area contributed by atoms with Gasteiger partial charge in [0.05, 0.1) is 5.25 Å². The zero-order chi connectivity index (χ0) is 11.5. The molecule has 3 nitrogen and oxygen atoms in total.